The van der Waals surface area contributed by atoms with Gasteiger partial charge in [-0.1, -0.05) is 30.6 Å². The number of ether oxygens (including phenoxy) is 2. The highest BCUT2D eigenvalue weighted by atomic mass is 32.5. The summed E-state index contributed by atoms with van der Waals surface area (Å²) < 4.78 is 25.1. The van der Waals surface area contributed by atoms with Crippen molar-refractivity contribution in [2.24, 2.45) is 0 Å². The number of nitrogens with two attached hydrogens (primary N) is 1. The summed E-state index contributed by atoms with van der Waals surface area (Å²) in [5, 5.41) is 25.5. The molecule has 2 aromatic rings. The fourth-order valence-electron chi connectivity index (χ4n) is 5.22. The number of anilines is 1. The zero-order valence-electron chi connectivity index (χ0n) is 24.0. The van der Waals surface area contributed by atoms with Crippen LogP contribution in [0.15, 0.2) is 47.3 Å². The van der Waals surface area contributed by atoms with Crippen LogP contribution in [0, 0.1) is 12.3 Å². The topological polar surface area (TPSA) is 196 Å². The van der Waals surface area contributed by atoms with E-state index < -0.39 is 54.9 Å². The molecular formula is C28H35N6O8PS. The fraction of sp³-hybridized carbons (Fsp3) is 0.500. The van der Waals surface area contributed by atoms with Crippen LogP contribution in [-0.4, -0.2) is 72.3 Å². The quantitative estimate of drug-likeness (QED) is 0.143. The highest BCUT2D eigenvalue weighted by Crippen LogP contribution is 2.49. The summed E-state index contributed by atoms with van der Waals surface area (Å²) in [4.78, 5) is 35.7. The molecule has 4 unspecified atom stereocenters. The van der Waals surface area contributed by atoms with Gasteiger partial charge < -0.3 is 34.5 Å². The predicted molar refractivity (Wildman–Crippen MR) is 164 cm³/mol. The number of terminal acetylenes is 1. The molecule has 6 N–H and O–H groups in total. The number of carbonyl (C=O) groups is 1. The number of esters is 1. The van der Waals surface area contributed by atoms with Crippen LogP contribution in [-0.2, 0) is 35.1 Å². The molecule has 14 nitrogen and oxygen atoms in total. The van der Waals surface area contributed by atoms with Crippen molar-refractivity contribution in [1.82, 2.24) is 24.6 Å². The van der Waals surface area contributed by atoms with Crippen LogP contribution in [0.3, 0.4) is 0 Å². The van der Waals surface area contributed by atoms with Crippen LogP contribution >= 0.6 is 6.64 Å². The average molecular weight is 647 g/mol. The van der Waals surface area contributed by atoms with Gasteiger partial charge in [0.1, 0.15) is 30.1 Å². The van der Waals surface area contributed by atoms with Gasteiger partial charge in [0.15, 0.2) is 23.0 Å². The van der Waals surface area contributed by atoms with Gasteiger partial charge in [0.25, 0.3) is 5.56 Å². The SMILES string of the molecule is C#C[C@]1(O)C(n2cnc3c(=O)[nH]c(N)nc32)OC(COP(=S)(NC(C)C(=O)OC2CCCCC2)OC2=CCC=CC=C2)[C@H]1O. The lowest BCUT2D eigenvalue weighted by Crippen LogP contribution is -2.46. The van der Waals surface area contributed by atoms with Crippen LogP contribution < -0.4 is 16.4 Å². The number of hydrogen-bond donors (Lipinski definition) is 5. The first-order valence-electron chi connectivity index (χ1n) is 14.2. The lowest BCUT2D eigenvalue weighted by molar-refractivity contribution is -0.152. The minimum Gasteiger partial charge on any atom is -0.461 e. The molecule has 5 rings (SSSR count). The van der Waals surface area contributed by atoms with Crippen molar-refractivity contribution in [1.29, 1.82) is 0 Å². The number of aromatic nitrogens is 4. The highest BCUT2D eigenvalue weighted by Gasteiger charge is 2.56. The van der Waals surface area contributed by atoms with E-state index in [4.69, 9.17) is 42.5 Å². The van der Waals surface area contributed by atoms with E-state index in [1.807, 2.05) is 12.2 Å². The number of allylic oxidation sites excluding steroid dienone is 5. The second-order valence-corrected chi connectivity index (χ2v) is 13.9. The second-order valence-electron chi connectivity index (χ2n) is 10.8. The Hall–Kier alpha value is -3.35. The first-order valence-corrected chi connectivity index (χ1v) is 16.9. The second kappa shape index (κ2) is 13.3. The van der Waals surface area contributed by atoms with Crippen molar-refractivity contribution in [2.75, 3.05) is 12.3 Å². The molecule has 1 saturated heterocycles. The zero-order chi connectivity index (χ0) is 31.5. The molecule has 0 spiro atoms. The Morgan fingerprint density at radius 3 is 2.93 bits per heavy atom. The molecule has 3 aliphatic rings. The smallest absolute Gasteiger partial charge is 0.323 e. The van der Waals surface area contributed by atoms with E-state index in [0.29, 0.717) is 12.2 Å². The number of nitrogens with zero attached hydrogens (tertiary/aromatic N) is 3. The Bertz CT molecular complexity index is 1630. The van der Waals surface area contributed by atoms with Crippen molar-refractivity contribution in [3.8, 4) is 12.3 Å². The summed E-state index contributed by atoms with van der Waals surface area (Å²) >= 11 is 5.82. The number of aliphatic hydroxyl groups is 2. The minimum atomic E-state index is -3.51. The number of nitrogen functional groups attached to an aromatic ring is 1. The first-order chi connectivity index (χ1) is 21.0. The number of imidazole rings is 1. The maximum atomic E-state index is 13.0. The van der Waals surface area contributed by atoms with Gasteiger partial charge in [-0.15, -0.1) is 6.42 Å². The molecule has 2 aliphatic carbocycles. The summed E-state index contributed by atoms with van der Waals surface area (Å²) in [6.45, 7) is -2.30. The van der Waals surface area contributed by atoms with E-state index in [-0.39, 0.29) is 23.2 Å². The number of nitrogens with one attached hydrogen (secondary N) is 2. The summed E-state index contributed by atoms with van der Waals surface area (Å²) in [7, 11) is 0. The number of carbonyl (C=O) groups excluding carboxylic acids is 1. The Balaban J connectivity index is 1.35. The number of aromatic amines is 1. The normalized spacial score (nSPS) is 27.7. The lowest BCUT2D eigenvalue weighted by atomic mass is 9.95. The average Bonchev–Trinajstić information content (AvgIpc) is 3.39. The summed E-state index contributed by atoms with van der Waals surface area (Å²) in [5.41, 5.74) is 2.73. The number of aliphatic hydroxyl groups excluding tert-OH is 1. The van der Waals surface area contributed by atoms with E-state index in [9.17, 15) is 19.8 Å². The molecule has 2 fully saturated rings. The molecule has 3 heterocycles. The molecule has 0 bridgehead atoms. The van der Waals surface area contributed by atoms with Crippen LogP contribution in [0.25, 0.3) is 11.2 Å². The molecule has 1 aliphatic heterocycles. The molecule has 0 amide bonds. The van der Waals surface area contributed by atoms with Crippen molar-refractivity contribution in [3.63, 3.8) is 0 Å². The third kappa shape index (κ3) is 6.82. The van der Waals surface area contributed by atoms with Crippen LogP contribution in [0.4, 0.5) is 5.95 Å². The van der Waals surface area contributed by atoms with Gasteiger partial charge in [-0.3, -0.25) is 19.1 Å². The van der Waals surface area contributed by atoms with Gasteiger partial charge in [-0.2, -0.15) is 4.98 Å². The third-order valence-corrected chi connectivity index (χ3v) is 10.1. The molecule has 2 aromatic heterocycles. The number of H-pyrrole nitrogens is 1. The van der Waals surface area contributed by atoms with E-state index in [0.717, 1.165) is 32.1 Å². The summed E-state index contributed by atoms with van der Waals surface area (Å²) in [5.74, 6) is 1.93. The standard InChI is InChI=1S/C28H35N6O8PS/c1-3-28(38)22(35)20(41-26(28)34-16-30-21-23(34)31-27(29)32-24(21)36)15-39-43(44,42-19-13-7-4-5-8-14-19)33-17(2)25(37)40-18-11-9-6-10-12-18/h1,4-5,7,13-14,16-18,20,22,26,35,38H,6,8-12,15H2,2H3,(H,33,44)(H3,29,31,32,36)/t17?,20?,22-,26?,28-,43?/m1/s1. The van der Waals surface area contributed by atoms with Gasteiger partial charge >= 0.3 is 12.6 Å². The molecule has 0 aromatic carbocycles. The molecule has 16 heteroatoms. The largest absolute Gasteiger partial charge is 0.461 e. The number of hydrogen-bond acceptors (Lipinski definition) is 12. The van der Waals surface area contributed by atoms with Crippen molar-refractivity contribution >= 4 is 41.5 Å². The van der Waals surface area contributed by atoms with Crippen molar-refractivity contribution in [3.05, 3.63) is 52.8 Å². The van der Waals surface area contributed by atoms with Gasteiger partial charge in [-0.05, 0) is 63.0 Å². The maximum absolute atomic E-state index is 13.0. The Morgan fingerprint density at radius 2 is 2.18 bits per heavy atom. The van der Waals surface area contributed by atoms with E-state index in [1.165, 1.54) is 10.9 Å². The fourth-order valence-corrected chi connectivity index (χ4v) is 7.65. The molecular weight excluding hydrogens is 611 g/mol. The van der Waals surface area contributed by atoms with Gasteiger partial charge in [0, 0.05) is 0 Å². The third-order valence-electron chi connectivity index (χ3n) is 7.56. The summed E-state index contributed by atoms with van der Waals surface area (Å²) in [6, 6.07) is -0.881. The van der Waals surface area contributed by atoms with E-state index in [1.54, 1.807) is 25.2 Å². The monoisotopic (exact) mass is 646 g/mol. The first kappa shape index (κ1) is 32.1. The Kier molecular flexibility index (Phi) is 9.71. The van der Waals surface area contributed by atoms with Gasteiger partial charge in [0.05, 0.1) is 12.9 Å². The molecule has 6 atom stereocenters. The maximum Gasteiger partial charge on any atom is 0.323 e. The van der Waals surface area contributed by atoms with Crippen LogP contribution in [0.1, 0.15) is 51.7 Å². The molecule has 1 saturated carbocycles. The van der Waals surface area contributed by atoms with Gasteiger partial charge in [-0.25, -0.2) is 10.1 Å². The minimum absolute atomic E-state index is 0.0141. The van der Waals surface area contributed by atoms with E-state index in [2.05, 4.69) is 26.0 Å². The predicted octanol–water partition coefficient (Wildman–Crippen LogP) is 1.84. The van der Waals surface area contributed by atoms with Crippen LogP contribution in [0.2, 0.25) is 0 Å². The van der Waals surface area contributed by atoms with Gasteiger partial charge in [0.2, 0.25) is 5.95 Å². The zero-order valence-corrected chi connectivity index (χ0v) is 25.7. The molecule has 0 radical (unpaired) electrons. The van der Waals surface area contributed by atoms with Crippen molar-refractivity contribution < 1.29 is 33.5 Å². The van der Waals surface area contributed by atoms with Crippen LogP contribution in [0.5, 0.6) is 0 Å². The highest BCUT2D eigenvalue weighted by molar-refractivity contribution is 8.09. The van der Waals surface area contributed by atoms with E-state index >= 15 is 0 Å². The lowest BCUT2D eigenvalue weighted by Gasteiger charge is -2.29. The summed E-state index contributed by atoms with van der Waals surface area (Å²) in [6.07, 6.45) is 16.8. The Morgan fingerprint density at radius 1 is 1.41 bits per heavy atom. The molecule has 44 heavy (non-hydrogen) atoms. The molecule has 236 valence electrons. The van der Waals surface area contributed by atoms with Crippen molar-refractivity contribution in [2.45, 2.75) is 81.6 Å². The Labute approximate surface area is 258 Å². The number of fused-ring (bicyclic) bond motifs is 1. The number of rotatable bonds is 10.